The maximum Gasteiger partial charge on any atom is 0.428 e. The molecule has 7 heteroatoms. The highest BCUT2D eigenvalue weighted by molar-refractivity contribution is 6.61. The van der Waals surface area contributed by atoms with Crippen LogP contribution < -0.4 is 20.0 Å². The number of hydrogen-bond acceptors (Lipinski definition) is 5. The summed E-state index contributed by atoms with van der Waals surface area (Å²) in [5, 5.41) is 21.3. The number of nitrogens with zero attached hydrogens (tertiary/aromatic N) is 1. The summed E-state index contributed by atoms with van der Waals surface area (Å²) >= 11 is 5.09. The van der Waals surface area contributed by atoms with Gasteiger partial charge in [0, 0.05) is 16.8 Å². The van der Waals surface area contributed by atoms with Crippen LogP contribution in [-0.4, -0.2) is 27.5 Å². The maximum atomic E-state index is 10.8. The fraction of sp³-hybridized carbons (Fsp3) is 0.154. The third kappa shape index (κ3) is 1.77. The van der Waals surface area contributed by atoms with Crippen molar-refractivity contribution in [3.63, 3.8) is 0 Å². The van der Waals surface area contributed by atoms with Gasteiger partial charge in [-0.25, -0.2) is 4.79 Å². The van der Waals surface area contributed by atoms with E-state index in [2.05, 4.69) is 18.0 Å². The summed E-state index contributed by atoms with van der Waals surface area (Å²) in [4.78, 5) is 15.3. The van der Waals surface area contributed by atoms with Crippen molar-refractivity contribution in [3.05, 3.63) is 16.0 Å². The normalized spacial score (nSPS) is 10.8. The molecule has 0 atom stereocenters. The first-order chi connectivity index (χ1) is 9.31. The Morgan fingerprint density at radius 2 is 1.70 bits per heavy atom. The number of benzene rings is 1. The Morgan fingerprint density at radius 1 is 1.20 bits per heavy atom. The Morgan fingerprint density at radius 3 is 2.15 bits per heavy atom. The molecule has 0 amide bonds. The number of methoxy groups -OCH3 is 1. The zero-order valence-electron chi connectivity index (χ0n) is 10.9. The average Bonchev–Trinajstić information content (AvgIpc) is 2.61. The minimum Gasteiger partial charge on any atom is -0.496 e. The third-order valence-electron chi connectivity index (χ3n) is 3.12. The van der Waals surface area contributed by atoms with Gasteiger partial charge in [-0.1, -0.05) is 13.2 Å². The number of aromatic nitrogens is 1. The third-order valence-corrected chi connectivity index (χ3v) is 3.19. The van der Waals surface area contributed by atoms with Gasteiger partial charge in [-0.3, -0.25) is 0 Å². The highest BCUT2D eigenvalue weighted by Gasteiger charge is 2.23. The van der Waals surface area contributed by atoms with Crippen LogP contribution in [0, 0.1) is 6.92 Å². The van der Waals surface area contributed by atoms with Crippen LogP contribution in [0.4, 0.5) is 4.79 Å². The van der Waals surface area contributed by atoms with E-state index in [-0.39, 0.29) is 10.8 Å². The van der Waals surface area contributed by atoms with Gasteiger partial charge >= 0.3 is 5.43 Å². The number of hydrogen-bond donors (Lipinski definition) is 2. The van der Waals surface area contributed by atoms with Crippen molar-refractivity contribution in [1.29, 1.82) is 0 Å². The molecule has 0 aliphatic heterocycles. The highest BCUT2D eigenvalue weighted by Crippen LogP contribution is 2.33. The Hall–Kier alpha value is -2.34. The summed E-state index contributed by atoms with van der Waals surface area (Å²) in [5.41, 5.74) is -0.564. The van der Waals surface area contributed by atoms with Gasteiger partial charge < -0.3 is 19.8 Å². The van der Waals surface area contributed by atoms with Gasteiger partial charge in [0.25, 0.3) is 0 Å². The number of carbonyl (C=O) groups is 1. The van der Waals surface area contributed by atoms with Gasteiger partial charge in [0.1, 0.15) is 5.75 Å². The number of aromatic hydroxyl groups is 2. The van der Waals surface area contributed by atoms with Crippen molar-refractivity contribution in [1.82, 2.24) is 4.73 Å². The van der Waals surface area contributed by atoms with Gasteiger partial charge in [0.05, 0.1) is 17.9 Å². The van der Waals surface area contributed by atoms with Gasteiger partial charge in [-0.2, -0.15) is 0 Å². The van der Waals surface area contributed by atoms with Crippen LogP contribution in [-0.2, 0) is 0 Å². The molecule has 2 rings (SSSR count). The lowest BCUT2D eigenvalue weighted by Crippen LogP contribution is -2.16. The van der Waals surface area contributed by atoms with E-state index in [1.54, 1.807) is 6.92 Å². The molecule has 2 aromatic rings. The van der Waals surface area contributed by atoms with Gasteiger partial charge in [0.15, 0.2) is 0 Å². The van der Waals surface area contributed by atoms with Crippen LogP contribution >= 0.6 is 11.6 Å². The number of ether oxygens (including phenoxy) is 1. The molecule has 0 unspecified atom stereocenters. The first-order valence-electron chi connectivity index (χ1n) is 5.49. The lowest BCUT2D eigenvalue weighted by Gasteiger charge is -2.07. The molecule has 0 spiro atoms. The van der Waals surface area contributed by atoms with Gasteiger partial charge in [-0.15, -0.1) is 4.73 Å². The van der Waals surface area contributed by atoms with Crippen molar-refractivity contribution >= 4 is 41.0 Å². The fourth-order valence-electron chi connectivity index (χ4n) is 2.20. The molecule has 0 fully saturated rings. The predicted octanol–water partition coefficient (Wildman–Crippen LogP) is 0.978. The second kappa shape index (κ2) is 4.64. The molecular formula is C13H12ClNO5. The molecule has 2 N–H and O–H groups in total. The van der Waals surface area contributed by atoms with Crippen LogP contribution in [0.1, 0.15) is 5.56 Å². The van der Waals surface area contributed by atoms with Gasteiger partial charge in [-0.05, 0) is 17.7 Å². The van der Waals surface area contributed by atoms with Crippen molar-refractivity contribution in [3.8, 4) is 17.5 Å². The minimum atomic E-state index is -1.21. The van der Waals surface area contributed by atoms with Crippen LogP contribution in [0.5, 0.6) is 17.5 Å². The molecule has 106 valence electrons. The number of rotatable bonds is 2. The lowest BCUT2D eigenvalue weighted by atomic mass is 10.0. The number of carbonyl (C=O) groups excluding carboxylic acids is 1. The molecule has 6 nitrogen and oxygen atoms in total. The largest absolute Gasteiger partial charge is 0.496 e. The molecule has 0 aliphatic carbocycles. The van der Waals surface area contributed by atoms with Gasteiger partial charge in [0.2, 0.25) is 11.8 Å². The molecule has 0 radical (unpaired) electrons. The Bertz CT molecular complexity index is 824. The van der Waals surface area contributed by atoms with E-state index in [0.717, 1.165) is 0 Å². The van der Waals surface area contributed by atoms with Crippen LogP contribution in [0.15, 0.2) is 0 Å². The predicted molar refractivity (Wildman–Crippen MR) is 74.7 cm³/mol. The highest BCUT2D eigenvalue weighted by atomic mass is 35.5. The van der Waals surface area contributed by atoms with Crippen molar-refractivity contribution < 1.29 is 24.6 Å². The molecule has 1 heterocycles. The second-order valence-electron chi connectivity index (χ2n) is 4.14. The smallest absolute Gasteiger partial charge is 0.428 e. The summed E-state index contributed by atoms with van der Waals surface area (Å²) in [5.74, 6) is -0.584. The summed E-state index contributed by atoms with van der Waals surface area (Å²) in [6, 6.07) is 0. The van der Waals surface area contributed by atoms with E-state index in [9.17, 15) is 15.0 Å². The van der Waals surface area contributed by atoms with E-state index in [1.165, 1.54) is 7.11 Å². The fourth-order valence-corrected chi connectivity index (χ4v) is 2.27. The first kappa shape index (κ1) is 14.1. The van der Waals surface area contributed by atoms with E-state index in [1.807, 2.05) is 0 Å². The monoisotopic (exact) mass is 297 g/mol. The molecule has 0 saturated carbocycles. The topological polar surface area (TPSA) is 80.9 Å². The average molecular weight is 298 g/mol. The molecule has 1 aromatic carbocycles. The van der Waals surface area contributed by atoms with E-state index < -0.39 is 17.2 Å². The summed E-state index contributed by atoms with van der Waals surface area (Å²) in [6.07, 6.45) is 0. The Kier molecular flexibility index (Phi) is 3.27. The van der Waals surface area contributed by atoms with Crippen LogP contribution in [0.3, 0.4) is 0 Å². The Balaban J connectivity index is 3.03. The van der Waals surface area contributed by atoms with Crippen molar-refractivity contribution in [2.75, 3.05) is 7.11 Å². The molecule has 0 saturated heterocycles. The molecule has 0 bridgehead atoms. The van der Waals surface area contributed by atoms with E-state index >= 15 is 0 Å². The molecular weight excluding hydrogens is 286 g/mol. The number of fused-ring (bicyclic) bond motifs is 1. The molecule has 20 heavy (non-hydrogen) atoms. The summed E-state index contributed by atoms with van der Waals surface area (Å²) in [6.45, 7) is 9.36. The second-order valence-corrected chi connectivity index (χ2v) is 4.44. The molecule has 1 aromatic heterocycles. The minimum absolute atomic E-state index is 0.174. The van der Waals surface area contributed by atoms with Crippen molar-refractivity contribution in [2.24, 2.45) is 0 Å². The standard InChI is InChI=1S/C13H12ClNO5/c1-5-6(2)10(19-4)7(3)9-8(5)11(16)15(12(9)17)20-13(14)18/h16-17H,1,3H2,2,4H3. The lowest BCUT2D eigenvalue weighted by molar-refractivity contribution is 0.131. The maximum absolute atomic E-state index is 10.8. The summed E-state index contributed by atoms with van der Waals surface area (Å²) in [7, 11) is 1.45. The van der Waals surface area contributed by atoms with E-state index in [0.29, 0.717) is 26.5 Å². The SMILES string of the molecule is C=c1c(C)c(OC)c(=C)c2c(O)n(OC(=O)Cl)c(O)c12. The quantitative estimate of drug-likeness (QED) is 0.808. The van der Waals surface area contributed by atoms with Crippen molar-refractivity contribution in [2.45, 2.75) is 6.92 Å². The zero-order valence-corrected chi connectivity index (χ0v) is 11.6. The summed E-state index contributed by atoms with van der Waals surface area (Å²) < 4.78 is 5.73. The number of halogens is 1. The zero-order chi connectivity index (χ0) is 15.2. The molecule has 0 aliphatic rings. The first-order valence-corrected chi connectivity index (χ1v) is 5.87. The Labute approximate surface area is 118 Å². The van der Waals surface area contributed by atoms with Crippen LogP contribution in [0.2, 0.25) is 0 Å². The van der Waals surface area contributed by atoms with Crippen LogP contribution in [0.25, 0.3) is 23.9 Å². The van der Waals surface area contributed by atoms with E-state index in [4.69, 9.17) is 16.3 Å².